The van der Waals surface area contributed by atoms with E-state index < -0.39 is 10.0 Å². The third kappa shape index (κ3) is 3.75. The van der Waals surface area contributed by atoms with Crippen LogP contribution in [0.25, 0.3) is 10.8 Å². The number of benzene rings is 3. The van der Waals surface area contributed by atoms with E-state index in [4.69, 9.17) is 0 Å². The first-order chi connectivity index (χ1) is 11.9. The number of hydrazone groups is 1. The number of nitrogens with one attached hydrogen (secondary N) is 1. The zero-order valence-corrected chi connectivity index (χ0v) is 16.2. The number of halogens is 1. The highest BCUT2D eigenvalue weighted by Crippen LogP contribution is 2.28. The van der Waals surface area contributed by atoms with E-state index in [1.807, 2.05) is 44.2 Å². The van der Waals surface area contributed by atoms with E-state index in [0.29, 0.717) is 0 Å². The molecule has 0 spiro atoms. The smallest absolute Gasteiger partial charge is 0.200 e. The molecule has 0 saturated heterocycles. The Morgan fingerprint density at radius 1 is 1.00 bits per heavy atom. The molecule has 1 N–H and O–H groups in total. The highest BCUT2D eigenvalue weighted by Gasteiger charge is 2.12. The predicted molar refractivity (Wildman–Crippen MR) is 105 cm³/mol. The second-order valence-electron chi connectivity index (χ2n) is 5.80. The van der Waals surface area contributed by atoms with Crippen LogP contribution in [0.5, 0.6) is 0 Å². The van der Waals surface area contributed by atoms with Crippen molar-refractivity contribution in [1.29, 1.82) is 0 Å². The third-order valence-electron chi connectivity index (χ3n) is 3.94. The molecule has 0 aromatic heterocycles. The van der Waals surface area contributed by atoms with Gasteiger partial charge < -0.3 is 0 Å². The third-order valence-corrected chi connectivity index (χ3v) is 5.87. The van der Waals surface area contributed by atoms with Crippen molar-refractivity contribution >= 4 is 42.9 Å². The van der Waals surface area contributed by atoms with E-state index >= 15 is 0 Å². The van der Waals surface area contributed by atoms with Gasteiger partial charge in [0.15, 0.2) is 0 Å². The van der Waals surface area contributed by atoms with E-state index in [-0.39, 0.29) is 4.90 Å². The maximum Gasteiger partial charge on any atom is 0.276 e. The van der Waals surface area contributed by atoms with Crippen LogP contribution >= 0.6 is 15.9 Å². The van der Waals surface area contributed by atoms with Gasteiger partial charge in [0.1, 0.15) is 0 Å². The first-order valence-electron chi connectivity index (χ1n) is 7.68. The molecule has 3 aromatic carbocycles. The fourth-order valence-corrected chi connectivity index (χ4v) is 3.88. The Hall–Kier alpha value is -2.18. The lowest BCUT2D eigenvalue weighted by Gasteiger charge is -2.08. The molecule has 0 aliphatic carbocycles. The fraction of sp³-hybridized carbons (Fsp3) is 0.105. The fourth-order valence-electron chi connectivity index (χ4n) is 2.62. The van der Waals surface area contributed by atoms with Crippen molar-refractivity contribution in [3.63, 3.8) is 0 Å². The summed E-state index contributed by atoms with van der Waals surface area (Å²) in [4.78, 5) is 2.46. The summed E-state index contributed by atoms with van der Waals surface area (Å²) < 4.78 is 25.6. The Balaban J connectivity index is 1.92. The molecule has 0 fully saturated rings. The molecule has 0 saturated carbocycles. The van der Waals surface area contributed by atoms with Gasteiger partial charge in [0.2, 0.25) is 0 Å². The Kier molecular flexibility index (Phi) is 4.92. The maximum absolute atomic E-state index is 12.3. The molecule has 4 nitrogen and oxygen atoms in total. The van der Waals surface area contributed by atoms with Crippen molar-refractivity contribution in [2.45, 2.75) is 18.7 Å². The van der Waals surface area contributed by atoms with E-state index in [1.165, 1.54) is 6.21 Å². The first-order valence-corrected chi connectivity index (χ1v) is 9.95. The molecular formula is C19H17BrN2O2S. The van der Waals surface area contributed by atoms with Crippen molar-refractivity contribution in [3.8, 4) is 0 Å². The summed E-state index contributed by atoms with van der Waals surface area (Å²) in [5, 5.41) is 6.05. The van der Waals surface area contributed by atoms with E-state index in [9.17, 15) is 8.42 Å². The van der Waals surface area contributed by atoms with Crippen molar-refractivity contribution in [2.75, 3.05) is 0 Å². The van der Waals surface area contributed by atoms with Gasteiger partial charge in [-0.15, -0.1) is 0 Å². The summed E-state index contributed by atoms with van der Waals surface area (Å²) in [6, 6.07) is 16.5. The van der Waals surface area contributed by atoms with Crippen LogP contribution in [0, 0.1) is 13.8 Å². The van der Waals surface area contributed by atoms with Gasteiger partial charge in [0.05, 0.1) is 11.1 Å². The molecule has 0 heterocycles. The summed E-state index contributed by atoms with van der Waals surface area (Å²) in [7, 11) is -3.68. The van der Waals surface area contributed by atoms with Crippen LogP contribution in [-0.2, 0) is 10.0 Å². The molecule has 0 bridgehead atoms. The van der Waals surface area contributed by atoms with Crippen molar-refractivity contribution in [1.82, 2.24) is 4.83 Å². The number of sulfonamides is 1. The Labute approximate surface area is 155 Å². The molecule has 3 aromatic rings. The predicted octanol–water partition coefficient (Wildman–Crippen LogP) is 4.53. The second-order valence-corrected chi connectivity index (χ2v) is 8.32. The number of hydrogen-bond donors (Lipinski definition) is 1. The van der Waals surface area contributed by atoms with Crippen molar-refractivity contribution in [3.05, 3.63) is 75.8 Å². The lowest BCUT2D eigenvalue weighted by molar-refractivity contribution is 0.584. The van der Waals surface area contributed by atoms with E-state index in [2.05, 4.69) is 25.9 Å². The van der Waals surface area contributed by atoms with Gasteiger partial charge in [-0.05, 0) is 48.4 Å². The Bertz CT molecular complexity index is 1060. The van der Waals surface area contributed by atoms with Gasteiger partial charge >= 0.3 is 0 Å². The summed E-state index contributed by atoms with van der Waals surface area (Å²) in [5.74, 6) is 0. The SMILES string of the molecule is Cc1ccc(S(=O)(=O)N/N=C/c2cccc3c(Br)ccc(C)c23)cc1. The summed E-state index contributed by atoms with van der Waals surface area (Å²) in [6.07, 6.45) is 1.54. The molecule has 6 heteroatoms. The van der Waals surface area contributed by atoms with E-state index in [0.717, 1.165) is 31.9 Å². The molecule has 0 aliphatic heterocycles. The average Bonchev–Trinajstić information content (AvgIpc) is 2.58. The zero-order chi connectivity index (χ0) is 18.0. The number of fused-ring (bicyclic) bond motifs is 1. The van der Waals surface area contributed by atoms with Gasteiger partial charge in [-0.3, -0.25) is 0 Å². The monoisotopic (exact) mass is 416 g/mol. The number of nitrogens with zero attached hydrogens (tertiary/aromatic N) is 1. The highest BCUT2D eigenvalue weighted by molar-refractivity contribution is 9.10. The van der Waals surface area contributed by atoms with Gasteiger partial charge in [0.25, 0.3) is 10.0 Å². The van der Waals surface area contributed by atoms with Crippen molar-refractivity contribution in [2.24, 2.45) is 5.10 Å². The van der Waals surface area contributed by atoms with E-state index in [1.54, 1.807) is 24.3 Å². The number of aryl methyl sites for hydroxylation is 2. The lowest BCUT2D eigenvalue weighted by atomic mass is 10.0. The van der Waals surface area contributed by atoms with Crippen LogP contribution < -0.4 is 4.83 Å². The number of hydrogen-bond acceptors (Lipinski definition) is 3. The lowest BCUT2D eigenvalue weighted by Crippen LogP contribution is -2.18. The summed E-state index contributed by atoms with van der Waals surface area (Å²) in [5.41, 5.74) is 2.95. The zero-order valence-electron chi connectivity index (χ0n) is 13.8. The van der Waals surface area contributed by atoms with Crippen LogP contribution in [0.4, 0.5) is 0 Å². The molecule has 25 heavy (non-hydrogen) atoms. The quantitative estimate of drug-likeness (QED) is 0.501. The normalized spacial score (nSPS) is 12.0. The van der Waals surface area contributed by atoms with Crippen LogP contribution in [0.2, 0.25) is 0 Å². The average molecular weight is 417 g/mol. The second kappa shape index (κ2) is 6.98. The van der Waals surface area contributed by atoms with Gasteiger partial charge in [-0.1, -0.05) is 57.9 Å². The molecule has 0 atom stereocenters. The molecule has 0 radical (unpaired) electrons. The van der Waals surface area contributed by atoms with Crippen LogP contribution in [0.15, 0.2) is 69.1 Å². The minimum atomic E-state index is -3.68. The molecule has 0 amide bonds. The summed E-state index contributed by atoms with van der Waals surface area (Å²) in [6.45, 7) is 3.92. The number of rotatable bonds is 4. The van der Waals surface area contributed by atoms with Crippen molar-refractivity contribution < 1.29 is 8.42 Å². The molecule has 3 rings (SSSR count). The van der Waals surface area contributed by atoms with Gasteiger partial charge in [0, 0.05) is 10.0 Å². The largest absolute Gasteiger partial charge is 0.276 e. The topological polar surface area (TPSA) is 58.5 Å². The first kappa shape index (κ1) is 17.6. The summed E-state index contributed by atoms with van der Waals surface area (Å²) >= 11 is 3.55. The molecule has 0 unspecified atom stereocenters. The highest BCUT2D eigenvalue weighted by atomic mass is 79.9. The standard InChI is InChI=1S/C19H17BrN2O2S/c1-13-6-9-16(10-7-13)25(23,24)22-21-12-15-4-3-5-17-18(20)11-8-14(2)19(15)17/h3-12,22H,1-2H3/b21-12+. The maximum atomic E-state index is 12.3. The Morgan fingerprint density at radius 2 is 1.72 bits per heavy atom. The minimum absolute atomic E-state index is 0.187. The molecular weight excluding hydrogens is 400 g/mol. The minimum Gasteiger partial charge on any atom is -0.200 e. The van der Waals surface area contributed by atoms with Crippen LogP contribution in [0.3, 0.4) is 0 Å². The van der Waals surface area contributed by atoms with Crippen LogP contribution in [0.1, 0.15) is 16.7 Å². The van der Waals surface area contributed by atoms with Crippen LogP contribution in [-0.4, -0.2) is 14.6 Å². The molecule has 128 valence electrons. The van der Waals surface area contributed by atoms with Gasteiger partial charge in [-0.2, -0.15) is 13.5 Å². The van der Waals surface area contributed by atoms with Gasteiger partial charge in [-0.25, -0.2) is 4.83 Å². The molecule has 0 aliphatic rings. The Morgan fingerprint density at radius 3 is 2.44 bits per heavy atom.